The summed E-state index contributed by atoms with van der Waals surface area (Å²) in [6.07, 6.45) is 0. The normalized spacial score (nSPS) is 12.2. The molecular weight excluding hydrogens is 904 g/mol. The number of pyridine rings is 1. The minimum atomic E-state index is 0. The number of para-hydroxylation sites is 2. The van der Waals surface area contributed by atoms with Crippen LogP contribution in [-0.4, -0.2) is 9.55 Å². The van der Waals surface area contributed by atoms with Crippen molar-refractivity contribution in [2.75, 3.05) is 9.80 Å². The van der Waals surface area contributed by atoms with Crippen LogP contribution in [0.2, 0.25) is 0 Å². The first-order valence-corrected chi connectivity index (χ1v) is 19.5. The molecule has 0 spiro atoms. The second kappa shape index (κ2) is 15.1. The summed E-state index contributed by atoms with van der Waals surface area (Å²) in [5.41, 5.74) is 11.6. The molecule has 1 aliphatic rings. The number of anilines is 4. The molecule has 0 N–H and O–H groups in total. The summed E-state index contributed by atoms with van der Waals surface area (Å²) in [4.78, 5) is 9.46. The van der Waals surface area contributed by atoms with E-state index in [0.29, 0.717) is 11.5 Å². The molecular formula is C53H35N4OPt-3. The van der Waals surface area contributed by atoms with Crippen LogP contribution in [0.5, 0.6) is 11.5 Å². The van der Waals surface area contributed by atoms with Gasteiger partial charge in [0.15, 0.2) is 0 Å². The number of ether oxygens (including phenoxy) is 1. The second-order valence-corrected chi connectivity index (χ2v) is 14.5. The molecule has 0 aliphatic carbocycles. The average molecular weight is 939 g/mol. The van der Waals surface area contributed by atoms with Gasteiger partial charge < -0.3 is 19.1 Å². The molecule has 0 unspecified atom stereocenters. The van der Waals surface area contributed by atoms with Crippen LogP contribution in [0.3, 0.4) is 0 Å². The number of rotatable bonds is 7. The van der Waals surface area contributed by atoms with Crippen molar-refractivity contribution >= 4 is 55.3 Å². The molecule has 0 saturated heterocycles. The molecule has 286 valence electrons. The number of hydrogen-bond acceptors (Lipinski definition) is 4. The molecule has 2 aromatic heterocycles. The van der Waals surface area contributed by atoms with E-state index in [1.54, 1.807) is 0 Å². The Hall–Kier alpha value is -6.94. The first kappa shape index (κ1) is 36.4. The Labute approximate surface area is 357 Å². The van der Waals surface area contributed by atoms with Crippen LogP contribution in [0.25, 0.3) is 60.6 Å². The van der Waals surface area contributed by atoms with Gasteiger partial charge in [-0.1, -0.05) is 139 Å². The number of benzene rings is 8. The summed E-state index contributed by atoms with van der Waals surface area (Å²) >= 11 is 0. The van der Waals surface area contributed by atoms with E-state index in [2.05, 4.69) is 185 Å². The molecule has 6 heteroatoms. The molecule has 1 aliphatic heterocycles. The van der Waals surface area contributed by atoms with Gasteiger partial charge in [-0.2, -0.15) is 12.1 Å². The molecule has 0 atom stereocenters. The van der Waals surface area contributed by atoms with Gasteiger partial charge in [0, 0.05) is 77.4 Å². The topological polar surface area (TPSA) is 33.5 Å². The summed E-state index contributed by atoms with van der Waals surface area (Å²) in [6, 6.07) is 72.8. The SMILES string of the molecule is Cc1cccc(-n2c3[c-]c(Oc4[c-]c(N5[CH-]N(c6c(-c7ccccc7)cccc6-c6ccccc6)c6c5ccc5ccccc65)ccc4)ccc3c3ccccc32)n1.[Pt]. The molecule has 5 nitrogen and oxygen atoms in total. The van der Waals surface area contributed by atoms with Crippen LogP contribution in [0.1, 0.15) is 5.69 Å². The summed E-state index contributed by atoms with van der Waals surface area (Å²) < 4.78 is 8.79. The third-order valence-electron chi connectivity index (χ3n) is 10.9. The maximum atomic E-state index is 6.62. The van der Waals surface area contributed by atoms with Crippen molar-refractivity contribution in [2.45, 2.75) is 6.92 Å². The fourth-order valence-electron chi connectivity index (χ4n) is 8.37. The van der Waals surface area contributed by atoms with Gasteiger partial charge in [0.05, 0.1) is 0 Å². The zero-order valence-electron chi connectivity index (χ0n) is 32.0. The number of hydrogen-bond donors (Lipinski definition) is 0. The minimum absolute atomic E-state index is 0. The first-order valence-electron chi connectivity index (χ1n) is 19.5. The Morgan fingerprint density at radius 2 is 1.17 bits per heavy atom. The van der Waals surface area contributed by atoms with Crippen molar-refractivity contribution in [1.29, 1.82) is 0 Å². The van der Waals surface area contributed by atoms with Crippen molar-refractivity contribution in [3.05, 3.63) is 213 Å². The van der Waals surface area contributed by atoms with Crippen molar-refractivity contribution in [3.63, 3.8) is 0 Å². The van der Waals surface area contributed by atoms with Crippen LogP contribution in [0.15, 0.2) is 188 Å². The van der Waals surface area contributed by atoms with E-state index in [4.69, 9.17) is 9.72 Å². The van der Waals surface area contributed by atoms with Gasteiger partial charge in [-0.25, -0.2) is 4.98 Å². The summed E-state index contributed by atoms with van der Waals surface area (Å²) in [7, 11) is 0. The zero-order valence-corrected chi connectivity index (χ0v) is 34.3. The third kappa shape index (κ3) is 6.35. The van der Waals surface area contributed by atoms with Gasteiger partial charge in [0.2, 0.25) is 0 Å². The number of nitrogens with zero attached hydrogens (tertiary/aromatic N) is 4. The molecule has 59 heavy (non-hydrogen) atoms. The summed E-state index contributed by atoms with van der Waals surface area (Å²) in [6.45, 7) is 4.22. The molecule has 10 aromatic rings. The maximum Gasteiger partial charge on any atom is 0.135 e. The third-order valence-corrected chi connectivity index (χ3v) is 10.9. The van der Waals surface area contributed by atoms with Crippen LogP contribution in [0, 0.1) is 25.7 Å². The molecule has 11 rings (SSSR count). The van der Waals surface area contributed by atoms with Gasteiger partial charge in [-0.15, -0.1) is 48.1 Å². The fraction of sp³-hybridized carbons (Fsp3) is 0.0189. The largest absolute Gasteiger partial charge is 0.509 e. The van der Waals surface area contributed by atoms with Gasteiger partial charge in [-0.3, -0.25) is 0 Å². The Morgan fingerprint density at radius 3 is 1.93 bits per heavy atom. The van der Waals surface area contributed by atoms with Crippen molar-refractivity contribution in [3.8, 4) is 39.6 Å². The quantitative estimate of drug-likeness (QED) is 0.149. The summed E-state index contributed by atoms with van der Waals surface area (Å²) in [5, 5.41) is 4.56. The average Bonchev–Trinajstić information content (AvgIpc) is 3.83. The van der Waals surface area contributed by atoms with Crippen LogP contribution in [-0.2, 0) is 21.1 Å². The molecule has 0 amide bonds. The van der Waals surface area contributed by atoms with Gasteiger partial charge in [0.25, 0.3) is 0 Å². The van der Waals surface area contributed by atoms with E-state index < -0.39 is 0 Å². The Balaban J connectivity index is 0.00000420. The van der Waals surface area contributed by atoms with Crippen LogP contribution < -0.4 is 14.5 Å². The Morgan fingerprint density at radius 1 is 0.508 bits per heavy atom. The zero-order chi connectivity index (χ0) is 38.6. The smallest absolute Gasteiger partial charge is 0.135 e. The maximum absolute atomic E-state index is 6.62. The number of fused-ring (bicyclic) bond motifs is 6. The predicted molar refractivity (Wildman–Crippen MR) is 237 cm³/mol. The molecule has 0 radical (unpaired) electrons. The fourth-order valence-corrected chi connectivity index (χ4v) is 8.37. The first-order chi connectivity index (χ1) is 28.7. The van der Waals surface area contributed by atoms with Crippen molar-refractivity contribution in [1.82, 2.24) is 9.55 Å². The predicted octanol–water partition coefficient (Wildman–Crippen LogP) is 13.8. The van der Waals surface area contributed by atoms with Crippen molar-refractivity contribution < 1.29 is 25.8 Å². The standard InChI is InChI=1S/C53H35N4O.Pt/c1-36-15-12-28-51(54-36)57-48-27-11-10-24-46(48)47-31-30-42(34-50(47)57)58-41-22-13-21-40(33-41)55-35-56(53-45-23-9-8-20-39(45)29-32-49(53)55)52-43(37-16-4-2-5-17-37)25-14-26-44(52)38-18-6-3-7-19-38;/h2-32,35H,1H3;/q-3;. The molecule has 0 bridgehead atoms. The van der Waals surface area contributed by atoms with E-state index >= 15 is 0 Å². The molecule has 0 fully saturated rings. The minimum Gasteiger partial charge on any atom is -0.509 e. The molecule has 3 heterocycles. The van der Waals surface area contributed by atoms with Crippen LogP contribution >= 0.6 is 0 Å². The molecule has 8 aromatic carbocycles. The monoisotopic (exact) mass is 938 g/mol. The van der Waals surface area contributed by atoms with Gasteiger partial charge >= 0.3 is 0 Å². The van der Waals surface area contributed by atoms with Gasteiger partial charge in [-0.05, 0) is 53.1 Å². The van der Waals surface area contributed by atoms with E-state index in [1.165, 1.54) is 5.39 Å². The Kier molecular flexibility index (Phi) is 9.31. The number of aromatic nitrogens is 2. The number of aryl methyl sites for hydroxylation is 1. The van der Waals surface area contributed by atoms with E-state index in [-0.39, 0.29) is 21.1 Å². The van der Waals surface area contributed by atoms with E-state index in [0.717, 1.165) is 83.7 Å². The second-order valence-electron chi connectivity index (χ2n) is 14.5. The van der Waals surface area contributed by atoms with E-state index in [9.17, 15) is 0 Å². The van der Waals surface area contributed by atoms with Crippen LogP contribution in [0.4, 0.5) is 22.7 Å². The Bertz CT molecular complexity index is 3100. The molecule has 0 saturated carbocycles. The van der Waals surface area contributed by atoms with Gasteiger partial charge in [0.1, 0.15) is 5.82 Å². The van der Waals surface area contributed by atoms with E-state index in [1.807, 2.05) is 43.3 Å². The van der Waals surface area contributed by atoms with Crippen molar-refractivity contribution in [2.24, 2.45) is 0 Å². The summed E-state index contributed by atoms with van der Waals surface area (Å²) in [5.74, 6) is 2.03.